The molecule has 0 aliphatic carbocycles. The average Bonchev–Trinajstić information content (AvgIpc) is 2.23. The Morgan fingerprint density at radius 2 is 1.32 bits per heavy atom. The van der Waals surface area contributed by atoms with Gasteiger partial charge in [0.05, 0.1) is 10.8 Å². The molecule has 0 saturated carbocycles. The second-order valence-electron chi connectivity index (χ2n) is 7.72. The summed E-state index contributed by atoms with van der Waals surface area (Å²) in [6.07, 6.45) is 4.43. The third-order valence-corrected chi connectivity index (χ3v) is 2.97. The van der Waals surface area contributed by atoms with E-state index in [9.17, 15) is 0 Å². The van der Waals surface area contributed by atoms with Gasteiger partial charge in [-0.1, -0.05) is 26.0 Å². The molecule has 0 aromatic carbocycles. The van der Waals surface area contributed by atoms with E-state index in [-0.39, 0.29) is 10.8 Å². The van der Waals surface area contributed by atoms with Crippen LogP contribution < -0.4 is 0 Å². The number of hydrogen-bond acceptors (Lipinski definition) is 0. The first-order valence-electron chi connectivity index (χ1n) is 7.17. The molecule has 19 heavy (non-hydrogen) atoms. The fourth-order valence-corrected chi connectivity index (χ4v) is 1.66. The van der Waals surface area contributed by atoms with Crippen LogP contribution in [0.15, 0.2) is 22.6 Å². The van der Waals surface area contributed by atoms with Crippen LogP contribution in [0.3, 0.4) is 0 Å². The van der Waals surface area contributed by atoms with Gasteiger partial charge in [0.25, 0.3) is 0 Å². The van der Waals surface area contributed by atoms with Crippen molar-refractivity contribution < 1.29 is 4.42 Å². The molecule has 1 aromatic rings. The van der Waals surface area contributed by atoms with Crippen LogP contribution in [-0.4, -0.2) is 0 Å². The quantitative estimate of drug-likeness (QED) is 0.610. The molecule has 0 aliphatic heterocycles. The summed E-state index contributed by atoms with van der Waals surface area (Å²) in [5, 5.41) is 0. The summed E-state index contributed by atoms with van der Waals surface area (Å²) in [6, 6.07) is 4.32. The summed E-state index contributed by atoms with van der Waals surface area (Å²) in [5.41, 5.74) is 1.29. The van der Waals surface area contributed by atoms with Crippen molar-refractivity contribution in [2.75, 3.05) is 0 Å². The lowest BCUT2D eigenvalue weighted by atomic mass is 9.88. The molecule has 1 heterocycles. The van der Waals surface area contributed by atoms with E-state index >= 15 is 0 Å². The van der Waals surface area contributed by atoms with Crippen molar-refractivity contribution >= 4 is 6.08 Å². The average molecular weight is 261 g/mol. The Bertz CT molecular complexity index is 421. The Kier molecular flexibility index (Phi) is 4.60. The molecule has 0 bridgehead atoms. The zero-order valence-corrected chi connectivity index (χ0v) is 13.8. The van der Waals surface area contributed by atoms with Crippen molar-refractivity contribution in [1.29, 1.82) is 0 Å². The van der Waals surface area contributed by atoms with Crippen LogP contribution in [0.2, 0.25) is 0 Å². The monoisotopic (exact) mass is 261 g/mol. The summed E-state index contributed by atoms with van der Waals surface area (Å²) in [7, 11) is 0. The lowest BCUT2D eigenvalue weighted by Gasteiger charge is -2.14. The Labute approximate surface area is 118 Å². The second kappa shape index (κ2) is 5.48. The molecule has 0 unspecified atom stereocenters. The lowest BCUT2D eigenvalue weighted by Crippen LogP contribution is -2.16. The number of hydrogen-bond donors (Lipinski definition) is 0. The van der Waals surface area contributed by atoms with Crippen molar-refractivity contribution in [3.05, 3.63) is 35.3 Å². The van der Waals surface area contributed by atoms with Crippen molar-refractivity contribution in [1.82, 2.24) is 0 Å². The molecule has 0 amide bonds. The highest BCUT2D eigenvalue weighted by atomic mass is 16.3. The van der Waals surface area contributed by atoms with Gasteiger partial charge < -0.3 is 0 Å². The summed E-state index contributed by atoms with van der Waals surface area (Å²) >= 11 is 0. The van der Waals surface area contributed by atoms with Crippen LogP contribution in [0, 0.1) is 5.92 Å². The highest BCUT2D eigenvalue weighted by molar-refractivity contribution is 5.50. The molecule has 1 rings (SSSR count). The highest BCUT2D eigenvalue weighted by Crippen LogP contribution is 2.30. The topological polar surface area (TPSA) is 11.3 Å². The normalized spacial score (nSPS) is 13.5. The maximum atomic E-state index is 6.12. The van der Waals surface area contributed by atoms with Crippen molar-refractivity contribution in [3.8, 4) is 0 Å². The summed E-state index contributed by atoms with van der Waals surface area (Å²) in [6.45, 7) is 17.5. The first-order valence-corrected chi connectivity index (χ1v) is 7.17. The Balaban J connectivity index is 3.33. The zero-order chi connectivity index (χ0) is 14.8. The van der Waals surface area contributed by atoms with Crippen LogP contribution in [0.25, 0.3) is 6.08 Å². The SMILES string of the molecule is CC(C)/C=C/c1cc(C(C)(C)C)[o+]c(C(C)(C)C)c1. The van der Waals surface area contributed by atoms with Gasteiger partial charge in [0.2, 0.25) is 0 Å². The van der Waals surface area contributed by atoms with Crippen LogP contribution in [0.1, 0.15) is 72.5 Å². The molecule has 0 atom stereocenters. The van der Waals surface area contributed by atoms with E-state index in [0.29, 0.717) is 5.92 Å². The summed E-state index contributed by atoms with van der Waals surface area (Å²) in [5.74, 6) is 2.65. The third kappa shape index (κ3) is 4.81. The summed E-state index contributed by atoms with van der Waals surface area (Å²) < 4.78 is 6.12. The first kappa shape index (κ1) is 15.9. The van der Waals surface area contributed by atoms with Crippen molar-refractivity contribution in [2.24, 2.45) is 5.92 Å². The van der Waals surface area contributed by atoms with Crippen molar-refractivity contribution in [3.63, 3.8) is 0 Å². The van der Waals surface area contributed by atoms with E-state index in [4.69, 9.17) is 4.42 Å². The van der Waals surface area contributed by atoms with Gasteiger partial charge in [-0.05, 0) is 53.0 Å². The summed E-state index contributed by atoms with van der Waals surface area (Å²) in [4.78, 5) is 0. The van der Waals surface area contributed by atoms with Crippen LogP contribution >= 0.6 is 0 Å². The Morgan fingerprint density at radius 3 is 1.63 bits per heavy atom. The first-order chi connectivity index (χ1) is 8.50. The number of allylic oxidation sites excluding steroid dienone is 1. The van der Waals surface area contributed by atoms with Gasteiger partial charge >= 0.3 is 11.5 Å². The van der Waals surface area contributed by atoms with Crippen LogP contribution in [0.4, 0.5) is 0 Å². The molecule has 0 radical (unpaired) electrons. The molecule has 1 aromatic heterocycles. The predicted molar refractivity (Wildman–Crippen MR) is 84.4 cm³/mol. The minimum absolute atomic E-state index is 0.0294. The van der Waals surface area contributed by atoms with E-state index in [2.05, 4.69) is 79.7 Å². The van der Waals surface area contributed by atoms with Gasteiger partial charge in [-0.2, -0.15) is 0 Å². The van der Waals surface area contributed by atoms with E-state index < -0.39 is 0 Å². The van der Waals surface area contributed by atoms with Crippen LogP contribution in [0.5, 0.6) is 0 Å². The van der Waals surface area contributed by atoms with E-state index in [0.717, 1.165) is 11.5 Å². The maximum absolute atomic E-state index is 6.12. The maximum Gasteiger partial charge on any atom is 0.335 e. The van der Waals surface area contributed by atoms with E-state index in [1.807, 2.05) is 0 Å². The van der Waals surface area contributed by atoms with E-state index in [1.165, 1.54) is 5.56 Å². The molecule has 1 nitrogen and oxygen atoms in total. The van der Waals surface area contributed by atoms with Gasteiger partial charge in [-0.15, -0.1) is 0 Å². The fourth-order valence-electron chi connectivity index (χ4n) is 1.66. The van der Waals surface area contributed by atoms with Gasteiger partial charge in [0.15, 0.2) is 0 Å². The second-order valence-corrected chi connectivity index (χ2v) is 7.72. The van der Waals surface area contributed by atoms with Gasteiger partial charge in [0.1, 0.15) is 0 Å². The third-order valence-electron chi connectivity index (χ3n) is 2.97. The molecule has 1 heteroatoms. The molecule has 0 fully saturated rings. The molecular weight excluding hydrogens is 232 g/mol. The largest absolute Gasteiger partial charge is 0.335 e. The standard InChI is InChI=1S/C18H29O/c1-13(2)9-10-14-11-15(17(3,4)5)19-16(12-14)18(6,7)8/h9-13H,1-8H3/q+1/b10-9+. The molecule has 0 aliphatic rings. The fraction of sp³-hybridized carbons (Fsp3) is 0.611. The molecule has 0 saturated heterocycles. The minimum Gasteiger partial charge on any atom is -0.217 e. The van der Waals surface area contributed by atoms with Gasteiger partial charge in [0, 0.05) is 12.1 Å². The van der Waals surface area contributed by atoms with Crippen LogP contribution in [-0.2, 0) is 10.8 Å². The zero-order valence-electron chi connectivity index (χ0n) is 13.8. The smallest absolute Gasteiger partial charge is 0.217 e. The molecule has 0 N–H and O–H groups in total. The van der Waals surface area contributed by atoms with Crippen molar-refractivity contribution in [2.45, 2.75) is 66.2 Å². The Hall–Kier alpha value is -1.11. The minimum atomic E-state index is 0.0294. The van der Waals surface area contributed by atoms with Gasteiger partial charge in [-0.3, -0.25) is 0 Å². The molecular formula is C18H29O+. The van der Waals surface area contributed by atoms with E-state index in [1.54, 1.807) is 0 Å². The molecule has 106 valence electrons. The van der Waals surface area contributed by atoms with Gasteiger partial charge in [-0.25, -0.2) is 4.42 Å². The number of rotatable bonds is 2. The highest BCUT2D eigenvalue weighted by Gasteiger charge is 2.33. The predicted octanol–water partition coefficient (Wildman–Crippen LogP) is 5.82. The molecule has 0 spiro atoms. The Morgan fingerprint density at radius 1 is 0.895 bits per heavy atom. The lowest BCUT2D eigenvalue weighted by molar-refractivity contribution is 0.328.